The van der Waals surface area contributed by atoms with Gasteiger partial charge in [0.1, 0.15) is 0 Å². The summed E-state index contributed by atoms with van der Waals surface area (Å²) in [6.07, 6.45) is 2.38. The van der Waals surface area contributed by atoms with Crippen molar-refractivity contribution in [2.45, 2.75) is 25.3 Å². The van der Waals surface area contributed by atoms with Crippen LogP contribution in [0.25, 0.3) is 0 Å². The van der Waals surface area contributed by atoms with Crippen LogP contribution in [0.3, 0.4) is 0 Å². The minimum Gasteiger partial charge on any atom is -0.368 e. The van der Waals surface area contributed by atoms with Crippen molar-refractivity contribution in [3.63, 3.8) is 0 Å². The summed E-state index contributed by atoms with van der Waals surface area (Å²) in [6, 6.07) is 17.5. The number of aryl methyl sites for hydroxylation is 1. The van der Waals surface area contributed by atoms with E-state index in [1.165, 1.54) is 11.1 Å². The number of nitrogens with two attached hydrogens (primary N) is 1. The number of carbonyl (C=O) groups is 1. The van der Waals surface area contributed by atoms with Crippen LogP contribution in [-0.4, -0.2) is 18.5 Å². The fourth-order valence-corrected chi connectivity index (χ4v) is 2.47. The van der Waals surface area contributed by atoms with E-state index in [-0.39, 0.29) is 11.9 Å². The molecule has 1 unspecified atom stereocenters. The summed E-state index contributed by atoms with van der Waals surface area (Å²) in [4.78, 5) is 11.6. The van der Waals surface area contributed by atoms with Gasteiger partial charge in [0, 0.05) is 5.02 Å². The molecule has 0 spiro atoms. The van der Waals surface area contributed by atoms with E-state index in [4.69, 9.17) is 17.3 Å². The average Bonchev–Trinajstić information content (AvgIpc) is 2.53. The van der Waals surface area contributed by atoms with Gasteiger partial charge in [-0.25, -0.2) is 0 Å². The van der Waals surface area contributed by atoms with Gasteiger partial charge in [-0.3, -0.25) is 4.79 Å². The molecule has 2 rings (SSSR count). The molecule has 2 aromatic carbocycles. The Kier molecular flexibility index (Phi) is 6.44. The summed E-state index contributed by atoms with van der Waals surface area (Å²) in [5, 5.41) is 3.98. The second kappa shape index (κ2) is 8.57. The smallest absolute Gasteiger partial charge is 0.234 e. The molecule has 0 fully saturated rings. The SMILES string of the molecule is NC(=O)C(CCc1ccccc1)NCCc1ccc(Cl)cc1. The molecule has 0 radical (unpaired) electrons. The van der Waals surface area contributed by atoms with Crippen LogP contribution in [0.15, 0.2) is 54.6 Å². The molecule has 4 heteroatoms. The van der Waals surface area contributed by atoms with Crippen molar-refractivity contribution in [3.8, 4) is 0 Å². The van der Waals surface area contributed by atoms with Gasteiger partial charge in [-0.1, -0.05) is 54.1 Å². The third-order valence-corrected chi connectivity index (χ3v) is 3.88. The lowest BCUT2D eigenvalue weighted by Gasteiger charge is -2.15. The van der Waals surface area contributed by atoms with Crippen LogP contribution in [0.5, 0.6) is 0 Å². The van der Waals surface area contributed by atoms with E-state index in [1.807, 2.05) is 42.5 Å². The fourth-order valence-electron chi connectivity index (χ4n) is 2.34. The first-order valence-corrected chi connectivity index (χ1v) is 7.84. The molecule has 3 nitrogen and oxygen atoms in total. The van der Waals surface area contributed by atoms with E-state index in [2.05, 4.69) is 17.4 Å². The van der Waals surface area contributed by atoms with Gasteiger partial charge < -0.3 is 11.1 Å². The van der Waals surface area contributed by atoms with E-state index in [1.54, 1.807) is 0 Å². The fraction of sp³-hybridized carbons (Fsp3) is 0.278. The number of rotatable bonds is 8. The third kappa shape index (κ3) is 5.51. The lowest BCUT2D eigenvalue weighted by atomic mass is 10.0. The first-order chi connectivity index (χ1) is 10.6. The molecule has 0 bridgehead atoms. The minimum absolute atomic E-state index is 0.299. The standard InChI is InChI=1S/C18H21ClN2O/c19-16-9-6-15(7-10-16)12-13-21-17(18(20)22)11-8-14-4-2-1-3-5-14/h1-7,9-10,17,21H,8,11-13H2,(H2,20,22). The zero-order chi connectivity index (χ0) is 15.8. The molecule has 22 heavy (non-hydrogen) atoms. The number of halogens is 1. The molecule has 0 saturated carbocycles. The van der Waals surface area contributed by atoms with Gasteiger partial charge in [0.2, 0.25) is 5.91 Å². The Morgan fingerprint density at radius 3 is 2.27 bits per heavy atom. The van der Waals surface area contributed by atoms with Gasteiger partial charge in [0.05, 0.1) is 6.04 Å². The molecular formula is C18H21ClN2O. The van der Waals surface area contributed by atoms with Crippen LogP contribution in [-0.2, 0) is 17.6 Å². The van der Waals surface area contributed by atoms with E-state index in [0.717, 1.165) is 17.9 Å². The number of benzene rings is 2. The Balaban J connectivity index is 1.79. The Morgan fingerprint density at radius 1 is 1.00 bits per heavy atom. The van der Waals surface area contributed by atoms with E-state index >= 15 is 0 Å². The van der Waals surface area contributed by atoms with E-state index in [9.17, 15) is 4.79 Å². The van der Waals surface area contributed by atoms with E-state index < -0.39 is 0 Å². The van der Waals surface area contributed by atoms with Crippen molar-refractivity contribution in [1.29, 1.82) is 0 Å². The molecule has 0 aliphatic heterocycles. The predicted octanol–water partition coefficient (Wildman–Crippen LogP) is 2.96. The summed E-state index contributed by atoms with van der Waals surface area (Å²) < 4.78 is 0. The lowest BCUT2D eigenvalue weighted by Crippen LogP contribution is -2.42. The van der Waals surface area contributed by atoms with Gasteiger partial charge >= 0.3 is 0 Å². The van der Waals surface area contributed by atoms with Crippen LogP contribution in [0.1, 0.15) is 17.5 Å². The number of amides is 1. The molecule has 1 amide bonds. The van der Waals surface area contributed by atoms with Crippen LogP contribution >= 0.6 is 11.6 Å². The lowest BCUT2D eigenvalue weighted by molar-refractivity contribution is -0.120. The normalized spacial score (nSPS) is 12.0. The Bertz CT molecular complexity index is 584. The molecule has 0 aliphatic rings. The molecule has 116 valence electrons. The zero-order valence-corrected chi connectivity index (χ0v) is 13.2. The van der Waals surface area contributed by atoms with Gasteiger partial charge in [-0.2, -0.15) is 0 Å². The Morgan fingerprint density at radius 2 is 1.64 bits per heavy atom. The topological polar surface area (TPSA) is 55.1 Å². The quantitative estimate of drug-likeness (QED) is 0.786. The third-order valence-electron chi connectivity index (χ3n) is 3.63. The van der Waals surface area contributed by atoms with Gasteiger partial charge in [0.15, 0.2) is 0 Å². The number of nitrogens with one attached hydrogen (secondary N) is 1. The van der Waals surface area contributed by atoms with Crippen LogP contribution < -0.4 is 11.1 Å². The first-order valence-electron chi connectivity index (χ1n) is 7.46. The predicted molar refractivity (Wildman–Crippen MR) is 90.9 cm³/mol. The monoisotopic (exact) mass is 316 g/mol. The summed E-state index contributed by atoms with van der Waals surface area (Å²) in [5.74, 6) is -0.299. The summed E-state index contributed by atoms with van der Waals surface area (Å²) in [6.45, 7) is 0.712. The molecule has 0 saturated heterocycles. The van der Waals surface area contributed by atoms with Gasteiger partial charge in [-0.15, -0.1) is 0 Å². The number of primary amides is 1. The van der Waals surface area contributed by atoms with Crippen LogP contribution in [0.2, 0.25) is 5.02 Å². The van der Waals surface area contributed by atoms with Crippen molar-refractivity contribution in [3.05, 3.63) is 70.7 Å². The maximum atomic E-state index is 11.6. The first kappa shape index (κ1) is 16.5. The molecule has 0 heterocycles. The largest absolute Gasteiger partial charge is 0.368 e. The van der Waals surface area contributed by atoms with Crippen molar-refractivity contribution >= 4 is 17.5 Å². The van der Waals surface area contributed by atoms with Crippen LogP contribution in [0.4, 0.5) is 0 Å². The number of hydrogen-bond acceptors (Lipinski definition) is 2. The highest BCUT2D eigenvalue weighted by Gasteiger charge is 2.14. The maximum absolute atomic E-state index is 11.6. The highest BCUT2D eigenvalue weighted by atomic mass is 35.5. The molecule has 0 aliphatic carbocycles. The summed E-state index contributed by atoms with van der Waals surface area (Å²) in [5.41, 5.74) is 7.88. The zero-order valence-electron chi connectivity index (χ0n) is 12.5. The molecule has 1 atom stereocenters. The van der Waals surface area contributed by atoms with Crippen LogP contribution in [0, 0.1) is 0 Å². The number of carbonyl (C=O) groups excluding carboxylic acids is 1. The molecular weight excluding hydrogens is 296 g/mol. The van der Waals surface area contributed by atoms with Gasteiger partial charge in [0.25, 0.3) is 0 Å². The summed E-state index contributed by atoms with van der Waals surface area (Å²) in [7, 11) is 0. The van der Waals surface area contributed by atoms with Gasteiger partial charge in [-0.05, 0) is 49.1 Å². The highest BCUT2D eigenvalue weighted by molar-refractivity contribution is 6.30. The van der Waals surface area contributed by atoms with Crippen molar-refractivity contribution in [2.24, 2.45) is 5.73 Å². The second-order valence-corrected chi connectivity index (χ2v) is 5.75. The van der Waals surface area contributed by atoms with Crippen molar-refractivity contribution < 1.29 is 4.79 Å². The summed E-state index contributed by atoms with van der Waals surface area (Å²) >= 11 is 5.86. The molecule has 3 N–H and O–H groups in total. The van der Waals surface area contributed by atoms with Crippen molar-refractivity contribution in [2.75, 3.05) is 6.54 Å². The highest BCUT2D eigenvalue weighted by Crippen LogP contribution is 2.10. The van der Waals surface area contributed by atoms with E-state index in [0.29, 0.717) is 13.0 Å². The maximum Gasteiger partial charge on any atom is 0.234 e. The second-order valence-electron chi connectivity index (χ2n) is 5.31. The molecule has 0 aromatic heterocycles. The van der Waals surface area contributed by atoms with Crippen molar-refractivity contribution in [1.82, 2.24) is 5.32 Å². The minimum atomic E-state index is -0.299. The number of hydrogen-bond donors (Lipinski definition) is 2. The molecule has 2 aromatic rings. The Hall–Kier alpha value is -1.84. The average molecular weight is 317 g/mol. The Labute approximate surface area is 136 Å².